The van der Waals surface area contributed by atoms with E-state index in [2.05, 4.69) is 35.8 Å². The van der Waals surface area contributed by atoms with Crippen LogP contribution in [0.4, 0.5) is 4.39 Å². The number of aliphatic imine (C=N–C) groups is 1. The van der Waals surface area contributed by atoms with Crippen LogP contribution in [-0.2, 0) is 5.54 Å². The first-order valence-electron chi connectivity index (χ1n) is 8.24. The summed E-state index contributed by atoms with van der Waals surface area (Å²) in [4.78, 5) is 24.6. The fourth-order valence-corrected chi connectivity index (χ4v) is 2.85. The number of aliphatic hydroxyl groups is 1. The van der Waals surface area contributed by atoms with Crippen molar-refractivity contribution in [1.82, 2.24) is 35.6 Å². The van der Waals surface area contributed by atoms with Crippen molar-refractivity contribution in [2.45, 2.75) is 11.9 Å². The van der Waals surface area contributed by atoms with Crippen molar-refractivity contribution in [1.29, 1.82) is 0 Å². The van der Waals surface area contributed by atoms with Crippen LogP contribution in [0.2, 0.25) is 0 Å². The molecule has 0 saturated heterocycles. The Balaban J connectivity index is 1.51. The highest BCUT2D eigenvalue weighted by Gasteiger charge is 2.45. The van der Waals surface area contributed by atoms with E-state index in [0.29, 0.717) is 11.5 Å². The second-order valence-corrected chi connectivity index (χ2v) is 6.05. The highest BCUT2D eigenvalue weighted by atomic mass is 19.1. The molecule has 0 fully saturated rings. The number of carbonyl (C=O) groups excluding carboxylic acids is 1. The van der Waals surface area contributed by atoms with Gasteiger partial charge >= 0.3 is 0 Å². The lowest BCUT2D eigenvalue weighted by Gasteiger charge is -2.27. The Bertz CT molecular complexity index is 1020. The lowest BCUT2D eigenvalue weighted by atomic mass is 9.98. The molecule has 3 aromatic rings. The average Bonchev–Trinajstić information content (AvgIpc) is 3.41. The van der Waals surface area contributed by atoms with Crippen LogP contribution in [0.15, 0.2) is 47.8 Å². The van der Waals surface area contributed by atoms with Crippen LogP contribution in [0.3, 0.4) is 0 Å². The van der Waals surface area contributed by atoms with E-state index in [4.69, 9.17) is 5.73 Å². The van der Waals surface area contributed by atoms with Crippen molar-refractivity contribution in [3.05, 3.63) is 60.2 Å². The molecule has 0 spiro atoms. The van der Waals surface area contributed by atoms with Crippen LogP contribution in [0.1, 0.15) is 16.3 Å². The number of nitrogens with zero attached hydrogens (tertiary/aromatic N) is 5. The number of hydrogen-bond donors (Lipinski definition) is 5. The van der Waals surface area contributed by atoms with E-state index < -0.39 is 17.8 Å². The Morgan fingerprint density at radius 1 is 1.39 bits per heavy atom. The number of aromatic nitrogens is 5. The van der Waals surface area contributed by atoms with Gasteiger partial charge in [0.15, 0.2) is 11.2 Å². The summed E-state index contributed by atoms with van der Waals surface area (Å²) in [6.07, 6.45) is 3.17. The van der Waals surface area contributed by atoms with Gasteiger partial charge in [0.1, 0.15) is 17.5 Å². The van der Waals surface area contributed by atoms with Crippen molar-refractivity contribution in [3.63, 3.8) is 0 Å². The van der Waals surface area contributed by atoms with E-state index in [-0.39, 0.29) is 23.9 Å². The zero-order chi connectivity index (χ0) is 19.7. The van der Waals surface area contributed by atoms with E-state index in [1.807, 2.05) is 0 Å². The standard InChI is InChI=1S/C16H16FN9O2/c17-9-1-3-10(4-2-9)26-22-7-11(25-26)12(27)21-8-16(14-19-5-6-20-14)13(18)23-15(28)24-16/h1-7,15,24,28H,8H2,(H2,18,23)(H,19,20)(H,21,27). The monoisotopic (exact) mass is 385 g/mol. The van der Waals surface area contributed by atoms with Crippen LogP contribution < -0.4 is 16.4 Å². The molecular formula is C16H16FN9O2. The molecule has 3 heterocycles. The summed E-state index contributed by atoms with van der Waals surface area (Å²) in [6, 6.07) is 5.52. The van der Waals surface area contributed by atoms with E-state index in [1.54, 1.807) is 6.20 Å². The lowest BCUT2D eigenvalue weighted by Crippen LogP contribution is -2.57. The molecule has 0 saturated carbocycles. The SMILES string of the molecule is NC1=NC(O)NC1(CNC(=O)c1cnn(-c2ccc(F)cc2)n1)c1ncc[nH]1. The zero-order valence-electron chi connectivity index (χ0n) is 14.4. The average molecular weight is 385 g/mol. The summed E-state index contributed by atoms with van der Waals surface area (Å²) in [6.45, 7) is -0.0465. The van der Waals surface area contributed by atoms with Gasteiger partial charge in [-0.15, -0.1) is 5.10 Å². The van der Waals surface area contributed by atoms with Crippen molar-refractivity contribution in [2.24, 2.45) is 10.7 Å². The number of benzene rings is 1. The molecule has 28 heavy (non-hydrogen) atoms. The van der Waals surface area contributed by atoms with Crippen molar-refractivity contribution in [3.8, 4) is 5.69 Å². The van der Waals surface area contributed by atoms with E-state index in [1.165, 1.54) is 41.5 Å². The molecule has 0 aliphatic carbocycles. The molecule has 1 aliphatic rings. The molecule has 2 aromatic heterocycles. The van der Waals surface area contributed by atoms with Gasteiger partial charge in [-0.1, -0.05) is 0 Å². The number of amides is 1. The minimum absolute atomic E-state index is 0.0465. The third-order valence-electron chi connectivity index (χ3n) is 4.27. The molecule has 0 radical (unpaired) electrons. The Morgan fingerprint density at radius 3 is 2.82 bits per heavy atom. The number of nitrogens with two attached hydrogens (primary N) is 1. The highest BCUT2D eigenvalue weighted by molar-refractivity contribution is 5.95. The van der Waals surface area contributed by atoms with Crippen LogP contribution in [0.25, 0.3) is 5.69 Å². The number of H-pyrrole nitrogens is 1. The number of aromatic amines is 1. The summed E-state index contributed by atoms with van der Waals surface area (Å²) in [5.74, 6) is -0.441. The number of imidazole rings is 1. The van der Waals surface area contributed by atoms with Crippen molar-refractivity contribution >= 4 is 11.7 Å². The molecule has 2 unspecified atom stereocenters. The Morgan fingerprint density at radius 2 is 2.18 bits per heavy atom. The number of halogens is 1. The smallest absolute Gasteiger partial charge is 0.273 e. The highest BCUT2D eigenvalue weighted by Crippen LogP contribution is 2.23. The van der Waals surface area contributed by atoms with E-state index >= 15 is 0 Å². The first kappa shape index (κ1) is 17.8. The molecule has 4 rings (SSSR count). The summed E-state index contributed by atoms with van der Waals surface area (Å²) in [5, 5.41) is 23.4. The van der Waals surface area contributed by atoms with Gasteiger partial charge < -0.3 is 21.1 Å². The Hall–Kier alpha value is -3.64. The van der Waals surface area contributed by atoms with Gasteiger partial charge in [-0.05, 0) is 24.3 Å². The maximum atomic E-state index is 13.0. The minimum atomic E-state index is -1.22. The Kier molecular flexibility index (Phi) is 4.33. The van der Waals surface area contributed by atoms with Gasteiger partial charge in [0.05, 0.1) is 18.4 Å². The topological polar surface area (TPSA) is 159 Å². The van der Waals surface area contributed by atoms with Gasteiger partial charge in [0.2, 0.25) is 6.35 Å². The summed E-state index contributed by atoms with van der Waals surface area (Å²) in [7, 11) is 0. The van der Waals surface area contributed by atoms with Gasteiger partial charge in [-0.3, -0.25) is 10.1 Å². The number of hydrogen-bond acceptors (Lipinski definition) is 8. The summed E-state index contributed by atoms with van der Waals surface area (Å²) in [5.41, 5.74) is 5.33. The third kappa shape index (κ3) is 3.10. The lowest BCUT2D eigenvalue weighted by molar-refractivity contribution is 0.0923. The quantitative estimate of drug-likeness (QED) is 0.376. The number of nitrogens with one attached hydrogen (secondary N) is 3. The predicted octanol–water partition coefficient (Wildman–Crippen LogP) is -1.01. The molecule has 12 heteroatoms. The van der Waals surface area contributed by atoms with E-state index in [9.17, 15) is 14.3 Å². The fourth-order valence-electron chi connectivity index (χ4n) is 2.85. The largest absolute Gasteiger partial charge is 0.385 e. The fraction of sp³-hybridized carbons (Fsp3) is 0.188. The molecule has 1 aliphatic heterocycles. The number of rotatable bonds is 5. The zero-order valence-corrected chi connectivity index (χ0v) is 14.4. The molecule has 0 bridgehead atoms. The predicted molar refractivity (Wildman–Crippen MR) is 94.7 cm³/mol. The normalized spacial score (nSPS) is 21.5. The molecule has 6 N–H and O–H groups in total. The van der Waals surface area contributed by atoms with Gasteiger partial charge in [0.25, 0.3) is 5.91 Å². The second-order valence-electron chi connectivity index (χ2n) is 6.05. The van der Waals surface area contributed by atoms with Crippen molar-refractivity contribution in [2.75, 3.05) is 6.54 Å². The molecular weight excluding hydrogens is 369 g/mol. The van der Waals surface area contributed by atoms with Crippen LogP contribution in [0, 0.1) is 5.82 Å². The molecule has 11 nitrogen and oxygen atoms in total. The first-order chi connectivity index (χ1) is 13.5. The number of carbonyl (C=O) groups is 1. The molecule has 1 amide bonds. The third-order valence-corrected chi connectivity index (χ3v) is 4.27. The first-order valence-corrected chi connectivity index (χ1v) is 8.24. The van der Waals surface area contributed by atoms with Gasteiger partial charge in [-0.25, -0.2) is 14.4 Å². The van der Waals surface area contributed by atoms with Gasteiger partial charge in [-0.2, -0.15) is 9.90 Å². The van der Waals surface area contributed by atoms with Crippen LogP contribution in [0.5, 0.6) is 0 Å². The molecule has 2 atom stereocenters. The molecule has 144 valence electrons. The maximum absolute atomic E-state index is 13.0. The summed E-state index contributed by atoms with van der Waals surface area (Å²) < 4.78 is 13.0. The van der Waals surface area contributed by atoms with Crippen molar-refractivity contribution < 1.29 is 14.3 Å². The second kappa shape index (κ2) is 6.83. The van der Waals surface area contributed by atoms with Crippen LogP contribution in [-0.4, -0.2) is 54.7 Å². The van der Waals surface area contributed by atoms with E-state index in [0.717, 1.165) is 0 Å². The van der Waals surface area contributed by atoms with Gasteiger partial charge in [0, 0.05) is 12.4 Å². The number of amidine groups is 1. The van der Waals surface area contributed by atoms with Crippen LogP contribution >= 0.6 is 0 Å². The maximum Gasteiger partial charge on any atom is 0.273 e. The summed E-state index contributed by atoms with van der Waals surface area (Å²) >= 11 is 0. The number of aliphatic hydroxyl groups excluding tert-OH is 1. The Labute approximate surface area is 157 Å². The molecule has 1 aromatic carbocycles. The minimum Gasteiger partial charge on any atom is -0.385 e.